The van der Waals surface area contributed by atoms with Crippen molar-refractivity contribution >= 4 is 21.6 Å². The van der Waals surface area contributed by atoms with Gasteiger partial charge in [0.15, 0.2) is 0 Å². The first-order chi connectivity index (χ1) is 13.9. The lowest BCUT2D eigenvalue weighted by Gasteiger charge is -2.50. The van der Waals surface area contributed by atoms with Gasteiger partial charge in [-0.05, 0) is 56.7 Å². The maximum absolute atomic E-state index is 13.7. The van der Waals surface area contributed by atoms with Gasteiger partial charge in [0.2, 0.25) is 10.0 Å². The summed E-state index contributed by atoms with van der Waals surface area (Å²) in [6, 6.07) is 5.19. The van der Waals surface area contributed by atoms with Crippen LogP contribution in [0.15, 0.2) is 18.2 Å². The highest BCUT2D eigenvalue weighted by molar-refractivity contribution is 7.92. The van der Waals surface area contributed by atoms with E-state index in [2.05, 4.69) is 11.4 Å². The van der Waals surface area contributed by atoms with Gasteiger partial charge in [0.25, 0.3) is 5.91 Å². The molecule has 0 heterocycles. The van der Waals surface area contributed by atoms with Crippen molar-refractivity contribution < 1.29 is 30.8 Å². The van der Waals surface area contributed by atoms with E-state index in [-0.39, 0.29) is 11.0 Å². The molecule has 0 aromatic heterocycles. The summed E-state index contributed by atoms with van der Waals surface area (Å²) in [4.78, 5) is 12.9. The van der Waals surface area contributed by atoms with Gasteiger partial charge in [-0.15, -0.1) is 0 Å². The van der Waals surface area contributed by atoms with Crippen molar-refractivity contribution in [1.82, 2.24) is 5.32 Å². The molecule has 0 unspecified atom stereocenters. The van der Waals surface area contributed by atoms with Crippen molar-refractivity contribution in [2.45, 2.75) is 56.7 Å². The molecule has 164 valence electrons. The molecule has 0 aliphatic heterocycles. The normalized spacial score (nSPS) is 26.1. The van der Waals surface area contributed by atoms with Crippen LogP contribution in [-0.4, -0.2) is 31.8 Å². The fourth-order valence-electron chi connectivity index (χ4n) is 4.12. The molecule has 0 atom stereocenters. The molecule has 2 bridgehead atoms. The summed E-state index contributed by atoms with van der Waals surface area (Å²) in [7, 11) is -4.45. The Morgan fingerprint density at radius 1 is 1.13 bits per heavy atom. The molecule has 2 N–H and O–H groups in total. The van der Waals surface area contributed by atoms with E-state index in [0.29, 0.717) is 38.5 Å². The molecular weight excluding hydrogens is 426 g/mol. The SMILES string of the molecule is N#CC12CCC(NC(=O)c3ccc(F)cc3NS(=O)(=O)CCC(F)(F)F)(CC1)CC2. The molecule has 11 heteroatoms. The van der Waals surface area contributed by atoms with E-state index in [4.69, 9.17) is 0 Å². The van der Waals surface area contributed by atoms with Gasteiger partial charge in [-0.1, -0.05) is 0 Å². The highest BCUT2D eigenvalue weighted by atomic mass is 32.2. The van der Waals surface area contributed by atoms with Crippen LogP contribution in [0.1, 0.15) is 55.3 Å². The number of benzene rings is 1. The molecule has 3 aliphatic rings. The molecule has 3 fully saturated rings. The molecule has 0 spiro atoms. The van der Waals surface area contributed by atoms with Crippen molar-refractivity contribution in [2.24, 2.45) is 5.41 Å². The van der Waals surface area contributed by atoms with Crippen LogP contribution in [0.5, 0.6) is 0 Å². The predicted octanol–water partition coefficient (Wildman–Crippen LogP) is 3.87. The van der Waals surface area contributed by atoms with Gasteiger partial charge in [-0.3, -0.25) is 9.52 Å². The minimum Gasteiger partial charge on any atom is -0.347 e. The molecule has 3 aliphatic carbocycles. The number of carbonyl (C=O) groups excluding carboxylic acids is 1. The lowest BCUT2D eigenvalue weighted by Crippen LogP contribution is -2.56. The van der Waals surface area contributed by atoms with Crippen LogP contribution >= 0.6 is 0 Å². The van der Waals surface area contributed by atoms with Gasteiger partial charge in [-0.2, -0.15) is 18.4 Å². The molecule has 1 aromatic carbocycles. The van der Waals surface area contributed by atoms with E-state index < -0.39 is 51.3 Å². The average molecular weight is 447 g/mol. The number of fused-ring (bicyclic) bond motifs is 3. The average Bonchev–Trinajstić information content (AvgIpc) is 2.67. The summed E-state index contributed by atoms with van der Waals surface area (Å²) < 4.78 is 76.7. The third-order valence-electron chi connectivity index (χ3n) is 6.01. The smallest absolute Gasteiger partial charge is 0.347 e. The number of alkyl halides is 3. The second-order valence-corrected chi connectivity index (χ2v) is 9.94. The van der Waals surface area contributed by atoms with Crippen LogP contribution in [0.25, 0.3) is 0 Å². The minimum atomic E-state index is -4.67. The number of nitrogens with one attached hydrogen (secondary N) is 2. The number of hydrogen-bond acceptors (Lipinski definition) is 4. The van der Waals surface area contributed by atoms with Crippen molar-refractivity contribution in [2.75, 3.05) is 10.5 Å². The molecule has 0 saturated heterocycles. The number of amides is 1. The quantitative estimate of drug-likeness (QED) is 0.647. The fraction of sp³-hybridized carbons (Fsp3) is 0.579. The molecule has 1 amide bonds. The summed E-state index contributed by atoms with van der Waals surface area (Å²) >= 11 is 0. The zero-order valence-corrected chi connectivity index (χ0v) is 16.8. The maximum Gasteiger partial charge on any atom is 0.390 e. The Kier molecular flexibility index (Phi) is 5.75. The van der Waals surface area contributed by atoms with Crippen LogP contribution in [0, 0.1) is 22.6 Å². The highest BCUT2D eigenvalue weighted by Crippen LogP contribution is 2.52. The van der Waals surface area contributed by atoms with E-state index in [9.17, 15) is 36.0 Å². The Morgan fingerprint density at radius 3 is 2.27 bits per heavy atom. The first kappa shape index (κ1) is 22.3. The number of halogens is 4. The summed E-state index contributed by atoms with van der Waals surface area (Å²) in [5.74, 6) is -2.73. The predicted molar refractivity (Wildman–Crippen MR) is 100 cm³/mol. The number of carbonyl (C=O) groups is 1. The monoisotopic (exact) mass is 447 g/mol. The van der Waals surface area contributed by atoms with Crippen LogP contribution in [0.2, 0.25) is 0 Å². The lowest BCUT2D eigenvalue weighted by atomic mass is 9.58. The molecule has 1 aromatic rings. The van der Waals surface area contributed by atoms with Gasteiger partial charge >= 0.3 is 6.18 Å². The van der Waals surface area contributed by atoms with Gasteiger partial charge in [-0.25, -0.2) is 12.8 Å². The molecule has 6 nitrogen and oxygen atoms in total. The third kappa shape index (κ3) is 5.03. The Labute approximate surface area is 171 Å². The number of nitriles is 1. The third-order valence-corrected chi connectivity index (χ3v) is 7.28. The van der Waals surface area contributed by atoms with Gasteiger partial charge in [0.1, 0.15) is 5.82 Å². The van der Waals surface area contributed by atoms with E-state index >= 15 is 0 Å². The minimum absolute atomic E-state index is 0.177. The van der Waals surface area contributed by atoms with Gasteiger partial charge in [0.05, 0.1) is 34.9 Å². The molecule has 4 rings (SSSR count). The van der Waals surface area contributed by atoms with Crippen molar-refractivity contribution in [3.05, 3.63) is 29.6 Å². The van der Waals surface area contributed by atoms with Crippen molar-refractivity contribution in [3.63, 3.8) is 0 Å². The van der Waals surface area contributed by atoms with Crippen LogP contribution in [0.3, 0.4) is 0 Å². The summed E-state index contributed by atoms with van der Waals surface area (Å²) in [6.45, 7) is 0. The Bertz CT molecular complexity index is 961. The molecule has 30 heavy (non-hydrogen) atoms. The summed E-state index contributed by atoms with van der Waals surface area (Å²) in [5, 5.41) is 12.3. The zero-order valence-electron chi connectivity index (χ0n) is 16.0. The second kappa shape index (κ2) is 7.72. The summed E-state index contributed by atoms with van der Waals surface area (Å²) in [6.07, 6.45) is -2.52. The lowest BCUT2D eigenvalue weighted by molar-refractivity contribution is -0.129. The molecular formula is C19H21F4N3O3S. The fourth-order valence-corrected chi connectivity index (χ4v) is 5.22. The number of sulfonamides is 1. The van der Waals surface area contributed by atoms with Crippen LogP contribution < -0.4 is 10.0 Å². The van der Waals surface area contributed by atoms with E-state index in [1.165, 1.54) is 0 Å². The Balaban J connectivity index is 1.77. The Hall–Kier alpha value is -2.35. The molecule has 0 radical (unpaired) electrons. The maximum atomic E-state index is 13.7. The van der Waals surface area contributed by atoms with Crippen molar-refractivity contribution in [1.29, 1.82) is 5.26 Å². The topological polar surface area (TPSA) is 99.1 Å². The number of rotatable bonds is 6. The van der Waals surface area contributed by atoms with Gasteiger partial charge in [0, 0.05) is 5.54 Å². The summed E-state index contributed by atoms with van der Waals surface area (Å²) in [5.41, 5.74) is -1.48. The zero-order chi connectivity index (χ0) is 22.2. The van der Waals surface area contributed by atoms with Crippen LogP contribution in [-0.2, 0) is 10.0 Å². The Morgan fingerprint density at radius 2 is 1.73 bits per heavy atom. The second-order valence-electron chi connectivity index (χ2n) is 8.10. The van der Waals surface area contributed by atoms with Crippen LogP contribution in [0.4, 0.5) is 23.2 Å². The van der Waals surface area contributed by atoms with E-state index in [0.717, 1.165) is 18.2 Å². The first-order valence-electron chi connectivity index (χ1n) is 9.47. The van der Waals surface area contributed by atoms with Gasteiger partial charge < -0.3 is 5.32 Å². The first-order valence-corrected chi connectivity index (χ1v) is 11.1. The number of nitrogens with zero attached hydrogens (tertiary/aromatic N) is 1. The molecule has 3 saturated carbocycles. The van der Waals surface area contributed by atoms with E-state index in [1.54, 1.807) is 0 Å². The standard InChI is InChI=1S/C19H21F4N3O3S/c20-13-1-2-14(15(11-13)26-30(28,29)10-9-19(21,22)23)16(27)25-18-6-3-17(12-24,4-7-18)5-8-18/h1-2,11,26H,3-10H2,(H,25,27). The number of hydrogen-bond donors (Lipinski definition) is 2. The number of anilines is 1. The van der Waals surface area contributed by atoms with E-state index in [1.807, 2.05) is 4.72 Å². The largest absolute Gasteiger partial charge is 0.390 e. The highest BCUT2D eigenvalue weighted by Gasteiger charge is 2.49. The van der Waals surface area contributed by atoms with Crippen molar-refractivity contribution in [3.8, 4) is 6.07 Å².